The van der Waals surface area contributed by atoms with Gasteiger partial charge in [-0.15, -0.1) is 0 Å². The van der Waals surface area contributed by atoms with Crippen LogP contribution in [0.2, 0.25) is 5.02 Å². The number of Topliss-reactive ketones (excluding diaryl/α,β-unsaturated/α-hetero) is 1. The highest BCUT2D eigenvalue weighted by Gasteiger charge is 2.22. The zero-order chi connectivity index (χ0) is 12.4. The molecule has 0 N–H and O–H groups in total. The Balaban J connectivity index is 2.64. The van der Waals surface area contributed by atoms with E-state index in [1.54, 1.807) is 6.07 Å². The Hall–Kier alpha value is -1.22. The maximum absolute atomic E-state index is 11.6. The first-order valence-corrected chi connectivity index (χ1v) is 6.14. The molecule has 0 saturated carbocycles. The van der Waals surface area contributed by atoms with E-state index in [1.807, 2.05) is 6.92 Å². The van der Waals surface area contributed by atoms with Crippen molar-refractivity contribution in [3.05, 3.63) is 22.2 Å². The lowest BCUT2D eigenvalue weighted by Gasteiger charge is -2.15. The number of ether oxygens (including phenoxy) is 2. The minimum Gasteiger partial charge on any atom is -0.489 e. The van der Waals surface area contributed by atoms with Crippen molar-refractivity contribution in [2.75, 3.05) is 13.2 Å². The van der Waals surface area contributed by atoms with Gasteiger partial charge in [0.15, 0.2) is 17.3 Å². The number of ketones is 1. The standard InChI is InChI=1S/C13H15ClO3/c1-3-9-10(8(2)15)7-11(14)13-12(9)16-5-4-6-17-13/h7H,3-6H2,1-2H3. The molecule has 0 spiro atoms. The van der Waals surface area contributed by atoms with Crippen LogP contribution in [0.1, 0.15) is 36.2 Å². The van der Waals surface area contributed by atoms with Gasteiger partial charge in [-0.25, -0.2) is 0 Å². The molecule has 0 unspecified atom stereocenters. The van der Waals surface area contributed by atoms with Gasteiger partial charge in [0.25, 0.3) is 0 Å². The Labute approximate surface area is 106 Å². The minimum absolute atomic E-state index is 0.000558. The fourth-order valence-electron chi connectivity index (χ4n) is 2.01. The summed E-state index contributed by atoms with van der Waals surface area (Å²) in [6.45, 7) is 4.71. The third kappa shape index (κ3) is 2.25. The van der Waals surface area contributed by atoms with E-state index in [4.69, 9.17) is 21.1 Å². The Morgan fingerprint density at radius 3 is 2.59 bits per heavy atom. The van der Waals surface area contributed by atoms with Gasteiger partial charge >= 0.3 is 0 Å². The molecule has 0 atom stereocenters. The summed E-state index contributed by atoms with van der Waals surface area (Å²) in [5.74, 6) is 1.22. The molecule has 1 aromatic rings. The van der Waals surface area contributed by atoms with Crippen LogP contribution in [0.4, 0.5) is 0 Å². The first kappa shape index (κ1) is 12.2. The number of benzene rings is 1. The molecule has 0 radical (unpaired) electrons. The molecule has 1 aliphatic rings. The van der Waals surface area contributed by atoms with Crippen molar-refractivity contribution in [3.8, 4) is 11.5 Å². The lowest BCUT2D eigenvalue weighted by Crippen LogP contribution is -2.04. The molecule has 1 heterocycles. The maximum Gasteiger partial charge on any atom is 0.180 e. The molecule has 17 heavy (non-hydrogen) atoms. The average molecular weight is 255 g/mol. The van der Waals surface area contributed by atoms with E-state index in [9.17, 15) is 4.79 Å². The number of fused-ring (bicyclic) bond motifs is 1. The first-order chi connectivity index (χ1) is 8.15. The van der Waals surface area contributed by atoms with E-state index in [-0.39, 0.29) is 5.78 Å². The molecular formula is C13H15ClO3. The Kier molecular flexibility index (Phi) is 3.57. The van der Waals surface area contributed by atoms with Crippen LogP contribution in [0, 0.1) is 0 Å². The Bertz CT molecular complexity index is 454. The van der Waals surface area contributed by atoms with Crippen molar-refractivity contribution in [2.24, 2.45) is 0 Å². The molecular weight excluding hydrogens is 240 g/mol. The second kappa shape index (κ2) is 4.96. The smallest absolute Gasteiger partial charge is 0.180 e. The van der Waals surface area contributed by atoms with Crippen LogP contribution in [0.3, 0.4) is 0 Å². The van der Waals surface area contributed by atoms with E-state index in [0.29, 0.717) is 35.3 Å². The largest absolute Gasteiger partial charge is 0.489 e. The predicted molar refractivity (Wildman–Crippen MR) is 66.4 cm³/mol. The monoisotopic (exact) mass is 254 g/mol. The minimum atomic E-state index is -0.000558. The molecule has 92 valence electrons. The topological polar surface area (TPSA) is 35.5 Å². The second-order valence-corrected chi connectivity index (χ2v) is 4.41. The second-order valence-electron chi connectivity index (χ2n) is 4.00. The number of rotatable bonds is 2. The molecule has 1 aliphatic heterocycles. The molecule has 0 fully saturated rings. The van der Waals surface area contributed by atoms with Gasteiger partial charge in [0.2, 0.25) is 0 Å². The van der Waals surface area contributed by atoms with Crippen LogP contribution in [0.25, 0.3) is 0 Å². The average Bonchev–Trinajstić information content (AvgIpc) is 2.54. The van der Waals surface area contributed by atoms with Gasteiger partial charge < -0.3 is 9.47 Å². The van der Waals surface area contributed by atoms with Crippen molar-refractivity contribution >= 4 is 17.4 Å². The third-order valence-corrected chi connectivity index (χ3v) is 3.09. The van der Waals surface area contributed by atoms with Crippen molar-refractivity contribution in [1.29, 1.82) is 0 Å². The summed E-state index contributed by atoms with van der Waals surface area (Å²) in [5.41, 5.74) is 1.51. The van der Waals surface area contributed by atoms with E-state index in [2.05, 4.69) is 0 Å². The maximum atomic E-state index is 11.6. The summed E-state index contributed by atoms with van der Waals surface area (Å²) in [6.07, 6.45) is 1.54. The van der Waals surface area contributed by atoms with Gasteiger partial charge in [0, 0.05) is 17.5 Å². The van der Waals surface area contributed by atoms with Crippen LogP contribution >= 0.6 is 11.6 Å². The van der Waals surface area contributed by atoms with Crippen molar-refractivity contribution < 1.29 is 14.3 Å². The van der Waals surface area contributed by atoms with E-state index >= 15 is 0 Å². The van der Waals surface area contributed by atoms with E-state index in [0.717, 1.165) is 18.4 Å². The molecule has 1 aromatic carbocycles. The lowest BCUT2D eigenvalue weighted by molar-refractivity contribution is 0.101. The number of carbonyl (C=O) groups is 1. The number of carbonyl (C=O) groups excluding carboxylic acids is 1. The summed E-state index contributed by atoms with van der Waals surface area (Å²) in [5, 5.41) is 0.448. The fourth-order valence-corrected chi connectivity index (χ4v) is 2.26. The molecule has 0 aliphatic carbocycles. The van der Waals surface area contributed by atoms with Gasteiger partial charge in [-0.3, -0.25) is 4.79 Å². The Morgan fingerprint density at radius 1 is 1.35 bits per heavy atom. The van der Waals surface area contributed by atoms with Crippen LogP contribution in [-0.2, 0) is 6.42 Å². The Morgan fingerprint density at radius 2 is 2.00 bits per heavy atom. The molecule has 3 nitrogen and oxygen atoms in total. The summed E-state index contributed by atoms with van der Waals surface area (Å²) < 4.78 is 11.3. The van der Waals surface area contributed by atoms with Gasteiger partial charge in [0.05, 0.1) is 18.2 Å². The highest BCUT2D eigenvalue weighted by molar-refractivity contribution is 6.32. The molecule has 4 heteroatoms. The van der Waals surface area contributed by atoms with Crippen LogP contribution in [0.15, 0.2) is 6.07 Å². The van der Waals surface area contributed by atoms with Gasteiger partial charge in [-0.1, -0.05) is 18.5 Å². The number of halogens is 1. The summed E-state index contributed by atoms with van der Waals surface area (Å²) in [4.78, 5) is 11.6. The molecule has 2 rings (SSSR count). The lowest BCUT2D eigenvalue weighted by atomic mass is 10.0. The molecule has 0 saturated heterocycles. The van der Waals surface area contributed by atoms with Crippen molar-refractivity contribution in [2.45, 2.75) is 26.7 Å². The van der Waals surface area contributed by atoms with Crippen LogP contribution in [0.5, 0.6) is 11.5 Å². The van der Waals surface area contributed by atoms with Crippen molar-refractivity contribution in [1.82, 2.24) is 0 Å². The van der Waals surface area contributed by atoms with Gasteiger partial charge in [-0.05, 0) is 19.4 Å². The van der Waals surface area contributed by atoms with Crippen molar-refractivity contribution in [3.63, 3.8) is 0 Å². The molecule has 0 aromatic heterocycles. The fraction of sp³-hybridized carbons (Fsp3) is 0.462. The summed E-state index contributed by atoms with van der Waals surface area (Å²) in [6, 6.07) is 1.68. The number of hydrogen-bond donors (Lipinski definition) is 0. The number of hydrogen-bond acceptors (Lipinski definition) is 3. The highest BCUT2D eigenvalue weighted by atomic mass is 35.5. The SMILES string of the molecule is CCc1c(C(C)=O)cc(Cl)c2c1OCCCO2. The molecule has 0 bridgehead atoms. The third-order valence-electron chi connectivity index (χ3n) is 2.81. The van der Waals surface area contributed by atoms with Crippen LogP contribution in [-0.4, -0.2) is 19.0 Å². The zero-order valence-corrected chi connectivity index (χ0v) is 10.8. The van der Waals surface area contributed by atoms with E-state index in [1.165, 1.54) is 6.92 Å². The summed E-state index contributed by atoms with van der Waals surface area (Å²) >= 11 is 6.14. The molecule has 0 amide bonds. The zero-order valence-electron chi connectivity index (χ0n) is 10.0. The predicted octanol–water partition coefficient (Wildman–Crippen LogP) is 3.27. The normalized spacial score (nSPS) is 14.3. The van der Waals surface area contributed by atoms with Gasteiger partial charge in [0.1, 0.15) is 0 Å². The van der Waals surface area contributed by atoms with E-state index < -0.39 is 0 Å². The first-order valence-electron chi connectivity index (χ1n) is 5.77. The highest BCUT2D eigenvalue weighted by Crippen LogP contribution is 2.42. The quantitative estimate of drug-likeness (QED) is 0.760. The van der Waals surface area contributed by atoms with Crippen LogP contribution < -0.4 is 9.47 Å². The summed E-state index contributed by atoms with van der Waals surface area (Å²) in [7, 11) is 0. The van der Waals surface area contributed by atoms with Gasteiger partial charge in [-0.2, -0.15) is 0 Å².